The van der Waals surface area contributed by atoms with Crippen LogP contribution < -0.4 is 0 Å². The van der Waals surface area contributed by atoms with Crippen LogP contribution in [-0.2, 0) is 6.42 Å². The molecule has 0 fully saturated rings. The molecule has 2 heterocycles. The molecule has 1 aromatic carbocycles. The van der Waals surface area contributed by atoms with Gasteiger partial charge in [-0.05, 0) is 31.0 Å². The first-order valence-electron chi connectivity index (χ1n) is 6.19. The number of hydrogen-bond acceptors (Lipinski definition) is 4. The van der Waals surface area contributed by atoms with Gasteiger partial charge in [-0.25, -0.2) is 4.98 Å². The van der Waals surface area contributed by atoms with E-state index in [0.29, 0.717) is 16.4 Å². The van der Waals surface area contributed by atoms with Gasteiger partial charge in [0.25, 0.3) is 0 Å². The second kappa shape index (κ2) is 4.89. The lowest BCUT2D eigenvalue weighted by Crippen LogP contribution is -1.92. The molecule has 0 amide bonds. The Hall–Kier alpha value is -1.90. The molecule has 3 rings (SSSR count). The SMILES string of the molecule is CCc1nn2c(C#N)c(-c3ccc(Cl)c(C)c3)nc2s1. The largest absolute Gasteiger partial charge is 0.216 e. The van der Waals surface area contributed by atoms with Crippen LogP contribution in [-0.4, -0.2) is 14.6 Å². The quantitative estimate of drug-likeness (QED) is 0.722. The van der Waals surface area contributed by atoms with Gasteiger partial charge in [0.05, 0.1) is 0 Å². The summed E-state index contributed by atoms with van der Waals surface area (Å²) < 4.78 is 1.63. The average molecular weight is 303 g/mol. The maximum atomic E-state index is 9.40. The van der Waals surface area contributed by atoms with Gasteiger partial charge >= 0.3 is 0 Å². The monoisotopic (exact) mass is 302 g/mol. The Balaban J connectivity index is 2.23. The van der Waals surface area contributed by atoms with E-state index >= 15 is 0 Å². The molecular weight excluding hydrogens is 292 g/mol. The van der Waals surface area contributed by atoms with Crippen molar-refractivity contribution in [3.8, 4) is 17.3 Å². The Labute approximate surface area is 125 Å². The van der Waals surface area contributed by atoms with Crippen LogP contribution >= 0.6 is 22.9 Å². The van der Waals surface area contributed by atoms with Crippen molar-refractivity contribution in [3.05, 3.63) is 39.5 Å². The normalized spacial score (nSPS) is 10.9. The summed E-state index contributed by atoms with van der Waals surface area (Å²) in [7, 11) is 0. The van der Waals surface area contributed by atoms with Crippen molar-refractivity contribution in [3.63, 3.8) is 0 Å². The van der Waals surface area contributed by atoms with E-state index in [0.717, 1.165) is 27.5 Å². The van der Waals surface area contributed by atoms with Crippen LogP contribution in [0.3, 0.4) is 0 Å². The highest BCUT2D eigenvalue weighted by atomic mass is 35.5. The molecule has 0 N–H and O–H groups in total. The molecule has 0 radical (unpaired) electrons. The first-order chi connectivity index (χ1) is 9.63. The third kappa shape index (κ3) is 1.98. The summed E-state index contributed by atoms with van der Waals surface area (Å²) in [6, 6.07) is 7.84. The lowest BCUT2D eigenvalue weighted by atomic mass is 10.1. The third-order valence-electron chi connectivity index (χ3n) is 3.09. The molecule has 20 heavy (non-hydrogen) atoms. The Kier molecular flexibility index (Phi) is 3.20. The van der Waals surface area contributed by atoms with E-state index < -0.39 is 0 Å². The lowest BCUT2D eigenvalue weighted by molar-refractivity contribution is 0.899. The number of fused-ring (bicyclic) bond motifs is 1. The van der Waals surface area contributed by atoms with Crippen molar-refractivity contribution in [1.29, 1.82) is 5.26 Å². The van der Waals surface area contributed by atoms with Gasteiger partial charge in [-0.15, -0.1) is 0 Å². The summed E-state index contributed by atoms with van der Waals surface area (Å²) >= 11 is 7.55. The number of nitrogens with zero attached hydrogens (tertiary/aromatic N) is 4. The molecule has 4 nitrogen and oxygen atoms in total. The summed E-state index contributed by atoms with van der Waals surface area (Å²) in [5.41, 5.74) is 2.98. The van der Waals surface area contributed by atoms with Crippen molar-refractivity contribution in [2.75, 3.05) is 0 Å². The highest BCUT2D eigenvalue weighted by Gasteiger charge is 2.17. The number of nitriles is 1. The van der Waals surface area contributed by atoms with E-state index in [1.807, 2.05) is 32.0 Å². The van der Waals surface area contributed by atoms with E-state index in [2.05, 4.69) is 16.2 Å². The number of aryl methyl sites for hydroxylation is 2. The number of aromatic nitrogens is 3. The van der Waals surface area contributed by atoms with Gasteiger partial charge in [0.2, 0.25) is 4.96 Å². The van der Waals surface area contributed by atoms with Gasteiger partial charge in [0, 0.05) is 10.6 Å². The number of halogens is 1. The van der Waals surface area contributed by atoms with E-state index in [4.69, 9.17) is 11.6 Å². The van der Waals surface area contributed by atoms with Crippen molar-refractivity contribution in [1.82, 2.24) is 14.6 Å². The van der Waals surface area contributed by atoms with Crippen LogP contribution in [0, 0.1) is 18.3 Å². The van der Waals surface area contributed by atoms with E-state index in [1.54, 1.807) is 4.52 Å². The number of hydrogen-bond donors (Lipinski definition) is 0. The minimum Gasteiger partial charge on any atom is -0.216 e. The van der Waals surface area contributed by atoms with E-state index in [1.165, 1.54) is 11.3 Å². The van der Waals surface area contributed by atoms with Crippen molar-refractivity contribution < 1.29 is 0 Å². The minimum atomic E-state index is 0.470. The van der Waals surface area contributed by atoms with Crippen LogP contribution in [0.2, 0.25) is 5.02 Å². The second-order valence-electron chi connectivity index (χ2n) is 4.43. The minimum absolute atomic E-state index is 0.470. The molecule has 0 aliphatic rings. The van der Waals surface area contributed by atoms with Crippen LogP contribution in [0.1, 0.15) is 23.2 Å². The lowest BCUT2D eigenvalue weighted by Gasteiger charge is -2.01. The number of rotatable bonds is 2. The molecule has 0 spiro atoms. The predicted molar refractivity (Wildman–Crippen MR) is 80.1 cm³/mol. The molecule has 0 bridgehead atoms. The maximum absolute atomic E-state index is 9.40. The molecule has 3 aromatic rings. The first-order valence-corrected chi connectivity index (χ1v) is 7.38. The third-order valence-corrected chi connectivity index (χ3v) is 4.56. The molecule has 6 heteroatoms. The van der Waals surface area contributed by atoms with Gasteiger partial charge < -0.3 is 0 Å². The molecule has 0 atom stereocenters. The van der Waals surface area contributed by atoms with Crippen LogP contribution in [0.15, 0.2) is 18.2 Å². The Morgan fingerprint density at radius 2 is 2.25 bits per heavy atom. The predicted octanol–water partition coefficient (Wildman–Crippen LogP) is 3.85. The van der Waals surface area contributed by atoms with Gasteiger partial charge in [-0.2, -0.15) is 14.9 Å². The zero-order chi connectivity index (χ0) is 14.3. The highest BCUT2D eigenvalue weighted by Crippen LogP contribution is 2.29. The van der Waals surface area contributed by atoms with Gasteiger partial charge in [-0.3, -0.25) is 0 Å². The molecule has 100 valence electrons. The van der Waals surface area contributed by atoms with Gasteiger partial charge in [-0.1, -0.05) is 35.9 Å². The summed E-state index contributed by atoms with van der Waals surface area (Å²) in [5.74, 6) is 0. The molecule has 0 aliphatic heterocycles. The Bertz CT molecular complexity index is 841. The van der Waals surface area contributed by atoms with Gasteiger partial charge in [0.1, 0.15) is 16.8 Å². The van der Waals surface area contributed by atoms with Crippen molar-refractivity contribution in [2.45, 2.75) is 20.3 Å². The molecule has 0 saturated carbocycles. The zero-order valence-electron chi connectivity index (χ0n) is 11.0. The number of imidazole rings is 1. The molecular formula is C14H11ClN4S. The fraction of sp³-hybridized carbons (Fsp3) is 0.214. The van der Waals surface area contributed by atoms with Gasteiger partial charge in [0.15, 0.2) is 5.69 Å². The summed E-state index contributed by atoms with van der Waals surface area (Å²) in [6.07, 6.45) is 0.842. The number of benzene rings is 1. The molecule has 0 saturated heterocycles. The maximum Gasteiger partial charge on any atom is 0.214 e. The second-order valence-corrected chi connectivity index (χ2v) is 5.88. The highest BCUT2D eigenvalue weighted by molar-refractivity contribution is 7.16. The summed E-state index contributed by atoms with van der Waals surface area (Å²) in [4.78, 5) is 5.30. The Morgan fingerprint density at radius 1 is 1.45 bits per heavy atom. The topological polar surface area (TPSA) is 54.0 Å². The van der Waals surface area contributed by atoms with E-state index in [-0.39, 0.29) is 0 Å². The zero-order valence-corrected chi connectivity index (χ0v) is 12.6. The fourth-order valence-electron chi connectivity index (χ4n) is 2.02. The summed E-state index contributed by atoms with van der Waals surface area (Å²) in [5, 5.41) is 15.5. The smallest absolute Gasteiger partial charge is 0.214 e. The van der Waals surface area contributed by atoms with Crippen molar-refractivity contribution >= 4 is 27.9 Å². The molecule has 2 aromatic heterocycles. The van der Waals surface area contributed by atoms with Crippen LogP contribution in [0.5, 0.6) is 0 Å². The van der Waals surface area contributed by atoms with Crippen LogP contribution in [0.25, 0.3) is 16.2 Å². The summed E-state index contributed by atoms with van der Waals surface area (Å²) in [6.45, 7) is 3.97. The average Bonchev–Trinajstić information content (AvgIpc) is 2.98. The van der Waals surface area contributed by atoms with Crippen LogP contribution in [0.4, 0.5) is 0 Å². The van der Waals surface area contributed by atoms with Crippen molar-refractivity contribution in [2.24, 2.45) is 0 Å². The first kappa shape index (κ1) is 13.1. The van der Waals surface area contributed by atoms with E-state index in [9.17, 15) is 5.26 Å². The molecule has 0 aliphatic carbocycles. The Morgan fingerprint density at radius 3 is 2.90 bits per heavy atom. The standard InChI is InChI=1S/C14H11ClN4S/c1-3-12-18-19-11(7-16)13(17-14(19)20-12)9-4-5-10(15)8(2)6-9/h4-6H,3H2,1-2H3. The molecule has 0 unspecified atom stereocenters. The fourth-order valence-corrected chi connectivity index (χ4v) is 2.98.